The summed E-state index contributed by atoms with van der Waals surface area (Å²) in [6.07, 6.45) is 7.59. The Balaban J connectivity index is 1.86. The lowest BCUT2D eigenvalue weighted by Crippen LogP contribution is -2.48. The van der Waals surface area contributed by atoms with Gasteiger partial charge in [-0.15, -0.1) is 0 Å². The predicted octanol–water partition coefficient (Wildman–Crippen LogP) is 3.04. The maximum absolute atomic E-state index is 5.86. The summed E-state index contributed by atoms with van der Waals surface area (Å²) >= 11 is 0. The zero-order valence-electron chi connectivity index (χ0n) is 9.97. The SMILES string of the molecule is C1=CCOC(C2(c3ccccc3)CCC2)OC1. The number of hydrogen-bond donors (Lipinski definition) is 0. The van der Waals surface area contributed by atoms with E-state index in [1.807, 2.05) is 12.2 Å². The number of rotatable bonds is 2. The molecule has 1 aromatic rings. The van der Waals surface area contributed by atoms with Gasteiger partial charge in [0.05, 0.1) is 13.2 Å². The summed E-state index contributed by atoms with van der Waals surface area (Å²) in [5, 5.41) is 0. The standard InChI is InChI=1S/C15H18O2/c1-2-7-13(8-3-1)15(9-6-10-15)14-16-11-4-5-12-17-14/h1-5,7-8,14H,6,9-12H2. The first-order valence-electron chi connectivity index (χ1n) is 6.36. The zero-order valence-corrected chi connectivity index (χ0v) is 9.97. The van der Waals surface area contributed by atoms with E-state index in [-0.39, 0.29) is 11.7 Å². The molecule has 2 heteroatoms. The van der Waals surface area contributed by atoms with Crippen molar-refractivity contribution in [3.8, 4) is 0 Å². The third-order valence-electron chi connectivity index (χ3n) is 3.90. The van der Waals surface area contributed by atoms with E-state index < -0.39 is 0 Å². The summed E-state index contributed by atoms with van der Waals surface area (Å²) in [6, 6.07) is 10.7. The van der Waals surface area contributed by atoms with E-state index in [9.17, 15) is 0 Å². The first-order valence-corrected chi connectivity index (χ1v) is 6.36. The van der Waals surface area contributed by atoms with Crippen LogP contribution in [0.5, 0.6) is 0 Å². The molecule has 0 aromatic heterocycles. The predicted molar refractivity (Wildman–Crippen MR) is 66.8 cm³/mol. The maximum atomic E-state index is 5.86. The second kappa shape index (κ2) is 4.63. The molecule has 0 unspecified atom stereocenters. The number of hydrogen-bond acceptors (Lipinski definition) is 2. The average molecular weight is 230 g/mol. The van der Waals surface area contributed by atoms with Gasteiger partial charge in [0.15, 0.2) is 6.29 Å². The highest BCUT2D eigenvalue weighted by atomic mass is 16.7. The Kier molecular flexibility index (Phi) is 3.00. The summed E-state index contributed by atoms with van der Waals surface area (Å²) in [7, 11) is 0. The van der Waals surface area contributed by atoms with E-state index in [2.05, 4.69) is 30.3 Å². The molecule has 90 valence electrons. The molecule has 0 spiro atoms. The van der Waals surface area contributed by atoms with E-state index in [4.69, 9.17) is 9.47 Å². The van der Waals surface area contributed by atoms with Crippen molar-refractivity contribution < 1.29 is 9.47 Å². The van der Waals surface area contributed by atoms with Gasteiger partial charge in [0.2, 0.25) is 0 Å². The second-order valence-electron chi connectivity index (χ2n) is 4.85. The molecule has 0 bridgehead atoms. The summed E-state index contributed by atoms with van der Waals surface area (Å²) in [5.41, 5.74) is 1.45. The highest BCUT2D eigenvalue weighted by Gasteiger charge is 2.47. The molecule has 0 radical (unpaired) electrons. The van der Waals surface area contributed by atoms with Crippen molar-refractivity contribution in [2.75, 3.05) is 13.2 Å². The fourth-order valence-corrected chi connectivity index (χ4v) is 2.78. The van der Waals surface area contributed by atoms with Gasteiger partial charge in [0, 0.05) is 5.41 Å². The van der Waals surface area contributed by atoms with Crippen molar-refractivity contribution in [2.45, 2.75) is 31.0 Å². The van der Waals surface area contributed by atoms with Gasteiger partial charge in [0.25, 0.3) is 0 Å². The summed E-state index contributed by atoms with van der Waals surface area (Å²) in [4.78, 5) is 0. The number of benzene rings is 1. The Morgan fingerprint density at radius 3 is 2.12 bits per heavy atom. The van der Waals surface area contributed by atoms with E-state index >= 15 is 0 Å². The second-order valence-corrected chi connectivity index (χ2v) is 4.85. The molecule has 1 fully saturated rings. The molecule has 3 rings (SSSR count). The van der Waals surface area contributed by atoms with Crippen LogP contribution in [0.2, 0.25) is 0 Å². The lowest BCUT2D eigenvalue weighted by atomic mass is 9.64. The minimum Gasteiger partial charge on any atom is -0.348 e. The van der Waals surface area contributed by atoms with Crippen molar-refractivity contribution in [3.05, 3.63) is 48.0 Å². The van der Waals surface area contributed by atoms with Gasteiger partial charge < -0.3 is 9.47 Å². The normalized spacial score (nSPS) is 24.0. The third kappa shape index (κ3) is 1.92. The van der Waals surface area contributed by atoms with E-state index in [0.717, 1.165) is 0 Å². The minimum absolute atomic E-state index is 0.0892. The molecule has 0 N–H and O–H groups in total. The van der Waals surface area contributed by atoms with Crippen molar-refractivity contribution >= 4 is 0 Å². The van der Waals surface area contributed by atoms with E-state index in [0.29, 0.717) is 13.2 Å². The van der Waals surface area contributed by atoms with Crippen LogP contribution < -0.4 is 0 Å². The van der Waals surface area contributed by atoms with E-state index in [1.165, 1.54) is 24.8 Å². The molecule has 2 nitrogen and oxygen atoms in total. The van der Waals surface area contributed by atoms with E-state index in [1.54, 1.807) is 0 Å². The van der Waals surface area contributed by atoms with Crippen LogP contribution in [-0.2, 0) is 14.9 Å². The van der Waals surface area contributed by atoms with Crippen LogP contribution in [0.3, 0.4) is 0 Å². The zero-order chi connectivity index (χ0) is 11.6. The highest BCUT2D eigenvalue weighted by molar-refractivity contribution is 5.29. The molecule has 2 aliphatic rings. The first kappa shape index (κ1) is 11.0. The molecule has 1 aliphatic heterocycles. The fourth-order valence-electron chi connectivity index (χ4n) is 2.78. The van der Waals surface area contributed by atoms with Gasteiger partial charge in [-0.3, -0.25) is 0 Å². The topological polar surface area (TPSA) is 18.5 Å². The van der Waals surface area contributed by atoms with Crippen molar-refractivity contribution in [1.82, 2.24) is 0 Å². The largest absolute Gasteiger partial charge is 0.348 e. The van der Waals surface area contributed by atoms with Crippen LogP contribution in [0.1, 0.15) is 24.8 Å². The van der Waals surface area contributed by atoms with Crippen molar-refractivity contribution in [3.63, 3.8) is 0 Å². The third-order valence-corrected chi connectivity index (χ3v) is 3.90. The molecule has 1 heterocycles. The summed E-state index contributed by atoms with van der Waals surface area (Å²) in [6.45, 7) is 1.33. The molecule has 0 amide bonds. The van der Waals surface area contributed by atoms with Crippen molar-refractivity contribution in [1.29, 1.82) is 0 Å². The molecular weight excluding hydrogens is 212 g/mol. The molecule has 17 heavy (non-hydrogen) atoms. The monoisotopic (exact) mass is 230 g/mol. The summed E-state index contributed by atoms with van der Waals surface area (Å²) < 4.78 is 11.7. The smallest absolute Gasteiger partial charge is 0.167 e. The van der Waals surface area contributed by atoms with Gasteiger partial charge in [-0.1, -0.05) is 48.9 Å². The van der Waals surface area contributed by atoms with Crippen LogP contribution in [-0.4, -0.2) is 19.5 Å². The Morgan fingerprint density at radius 1 is 0.941 bits per heavy atom. The van der Waals surface area contributed by atoms with Gasteiger partial charge in [-0.05, 0) is 18.4 Å². The molecule has 0 saturated heterocycles. The molecule has 0 atom stereocenters. The number of ether oxygens (including phenoxy) is 2. The lowest BCUT2D eigenvalue weighted by molar-refractivity contribution is -0.185. The summed E-state index contributed by atoms with van der Waals surface area (Å²) in [5.74, 6) is 0. The van der Waals surface area contributed by atoms with Crippen LogP contribution in [0, 0.1) is 0 Å². The van der Waals surface area contributed by atoms with Crippen LogP contribution >= 0.6 is 0 Å². The van der Waals surface area contributed by atoms with Gasteiger partial charge >= 0.3 is 0 Å². The Labute approximate surface area is 102 Å². The molecule has 1 aliphatic carbocycles. The molecular formula is C15H18O2. The fraction of sp³-hybridized carbons (Fsp3) is 0.467. The van der Waals surface area contributed by atoms with Crippen molar-refractivity contribution in [2.24, 2.45) is 0 Å². The Hall–Kier alpha value is -1.12. The Bertz CT molecular complexity index is 383. The van der Waals surface area contributed by atoms with Gasteiger partial charge in [0.1, 0.15) is 0 Å². The van der Waals surface area contributed by atoms with Crippen LogP contribution in [0.25, 0.3) is 0 Å². The van der Waals surface area contributed by atoms with Crippen LogP contribution in [0.4, 0.5) is 0 Å². The Morgan fingerprint density at radius 2 is 1.59 bits per heavy atom. The molecule has 1 aromatic carbocycles. The lowest BCUT2D eigenvalue weighted by Gasteiger charge is -2.46. The van der Waals surface area contributed by atoms with Gasteiger partial charge in [-0.25, -0.2) is 0 Å². The molecule has 1 saturated carbocycles. The quantitative estimate of drug-likeness (QED) is 0.727. The maximum Gasteiger partial charge on any atom is 0.167 e. The average Bonchev–Trinajstić information content (AvgIpc) is 2.58. The van der Waals surface area contributed by atoms with Gasteiger partial charge in [-0.2, -0.15) is 0 Å². The van der Waals surface area contributed by atoms with Crippen LogP contribution in [0.15, 0.2) is 42.5 Å². The first-order chi connectivity index (χ1) is 8.42. The highest BCUT2D eigenvalue weighted by Crippen LogP contribution is 2.48. The minimum atomic E-state index is -0.0892.